The van der Waals surface area contributed by atoms with Crippen molar-refractivity contribution < 1.29 is 28.2 Å². The third kappa shape index (κ3) is 7.07. The molecule has 6 aromatic rings. The van der Waals surface area contributed by atoms with Crippen LogP contribution in [0.2, 0.25) is 0 Å². The Morgan fingerprint density at radius 2 is 1.32 bits per heavy atom. The standard InChI is InChI=1S/C24H24FN5O2S.C19H15FN4O2S/c1-13-11-32-5-4-30(13)24(31)14-2-3-17-20(8-14)33-23-21(17)22(27-12-28-23)29-19-7-16-10-26-9-15(16)6-18(19)25;20-13-3-10-6-21-7-11(10)4-14(13)24-17-16-12-2-1-9(19(25)26)5-15(12)27-18(16)23-8-22-17/h6-7,10,12-14H,2-5,8-9,11H2,1H3,(H,27,28,29);3-4,7-9H,1-2,5-6H2,(H,25,26)(H,22,23,24)/t13-,14+;9-/m10/s1. The number of aliphatic imine (C=N–C) groups is 2. The van der Waals surface area contributed by atoms with Crippen LogP contribution in [-0.4, -0.2) is 80.0 Å². The third-order valence-corrected chi connectivity index (χ3v) is 14.3. The van der Waals surface area contributed by atoms with E-state index in [2.05, 4.69) is 40.6 Å². The van der Waals surface area contributed by atoms with Crippen molar-refractivity contribution in [1.82, 2.24) is 24.8 Å². The number of nitrogens with zero attached hydrogens (tertiary/aromatic N) is 7. The number of rotatable bonds is 6. The quantitative estimate of drug-likeness (QED) is 0.152. The average molecular weight is 848 g/mol. The first-order valence-corrected chi connectivity index (χ1v) is 21.6. The van der Waals surface area contributed by atoms with E-state index >= 15 is 0 Å². The van der Waals surface area contributed by atoms with Gasteiger partial charge >= 0.3 is 5.97 Å². The van der Waals surface area contributed by atoms with Gasteiger partial charge in [0.2, 0.25) is 5.91 Å². The van der Waals surface area contributed by atoms with Crippen molar-refractivity contribution in [3.05, 3.63) is 91.7 Å². The van der Waals surface area contributed by atoms with Gasteiger partial charge in [-0.05, 0) is 103 Å². The lowest BCUT2D eigenvalue weighted by Gasteiger charge is -2.36. The zero-order valence-electron chi connectivity index (χ0n) is 32.5. The number of fused-ring (bicyclic) bond motifs is 8. The molecule has 1 fully saturated rings. The maximum absolute atomic E-state index is 14.7. The van der Waals surface area contributed by atoms with Gasteiger partial charge in [0.05, 0.1) is 60.4 Å². The lowest BCUT2D eigenvalue weighted by Crippen LogP contribution is -2.50. The Kier molecular flexibility index (Phi) is 10.0. The first kappa shape index (κ1) is 38.4. The van der Waals surface area contributed by atoms with Crippen molar-refractivity contribution in [1.29, 1.82) is 0 Å². The van der Waals surface area contributed by atoms with E-state index in [1.807, 2.05) is 11.8 Å². The number of anilines is 4. The molecule has 60 heavy (non-hydrogen) atoms. The van der Waals surface area contributed by atoms with Gasteiger partial charge in [0.25, 0.3) is 0 Å². The van der Waals surface area contributed by atoms with Crippen molar-refractivity contribution in [3.8, 4) is 0 Å². The Morgan fingerprint density at radius 3 is 1.85 bits per heavy atom. The highest BCUT2D eigenvalue weighted by Crippen LogP contribution is 2.43. The maximum Gasteiger partial charge on any atom is 0.306 e. The average Bonchev–Trinajstić information content (AvgIpc) is 4.06. The zero-order valence-corrected chi connectivity index (χ0v) is 34.1. The third-order valence-electron chi connectivity index (χ3n) is 12.0. The second-order valence-electron chi connectivity index (χ2n) is 15.7. The van der Waals surface area contributed by atoms with Crippen molar-refractivity contribution in [2.75, 3.05) is 30.4 Å². The van der Waals surface area contributed by atoms with Crippen LogP contribution in [0.3, 0.4) is 0 Å². The highest BCUT2D eigenvalue weighted by molar-refractivity contribution is 7.19. The van der Waals surface area contributed by atoms with Crippen LogP contribution in [0.5, 0.6) is 0 Å². The van der Waals surface area contributed by atoms with E-state index in [-0.39, 0.29) is 35.4 Å². The van der Waals surface area contributed by atoms with Gasteiger partial charge in [-0.25, -0.2) is 28.7 Å². The summed E-state index contributed by atoms with van der Waals surface area (Å²) in [6.45, 7) is 4.93. The number of thiophene rings is 2. The fraction of sp³-hybridized carbons (Fsp3) is 0.349. The minimum atomic E-state index is -0.760. The van der Waals surface area contributed by atoms with Crippen LogP contribution in [-0.2, 0) is 53.1 Å². The predicted molar refractivity (Wildman–Crippen MR) is 227 cm³/mol. The fourth-order valence-corrected chi connectivity index (χ4v) is 11.4. The second kappa shape index (κ2) is 15.7. The number of nitrogens with one attached hydrogen (secondary N) is 2. The van der Waals surface area contributed by atoms with Gasteiger partial charge in [0, 0.05) is 34.6 Å². The number of hydrogen-bond acceptors (Lipinski definition) is 13. The number of halogens is 2. The van der Waals surface area contributed by atoms with Gasteiger partial charge in [-0.2, -0.15) is 0 Å². The summed E-state index contributed by atoms with van der Waals surface area (Å²) in [4.78, 5) is 56.4. The molecule has 11 rings (SSSR count). The summed E-state index contributed by atoms with van der Waals surface area (Å²) in [5.74, 6) is -0.420. The Balaban J connectivity index is 0.000000147. The Labute approximate surface area is 350 Å². The number of carboxylic acid groups (broad SMARTS) is 1. The Bertz CT molecular complexity index is 2790. The molecule has 0 radical (unpaired) electrons. The number of hydrogen-bond donors (Lipinski definition) is 3. The number of ether oxygens (including phenoxy) is 1. The summed E-state index contributed by atoms with van der Waals surface area (Å²) < 4.78 is 34.7. The fourth-order valence-electron chi connectivity index (χ4n) is 8.83. The minimum Gasteiger partial charge on any atom is -0.481 e. The molecule has 3 aliphatic heterocycles. The van der Waals surface area contributed by atoms with Crippen molar-refractivity contribution in [2.45, 2.75) is 64.6 Å². The molecular formula is C43H39F2N9O4S2. The number of carbonyl (C=O) groups excluding carboxylic acids is 1. The summed E-state index contributed by atoms with van der Waals surface area (Å²) in [6.07, 6.45) is 10.5. The lowest BCUT2D eigenvalue weighted by molar-refractivity contribution is -0.144. The molecule has 0 saturated carbocycles. The first-order chi connectivity index (χ1) is 29.2. The molecule has 3 atom stereocenters. The van der Waals surface area contributed by atoms with Crippen LogP contribution in [0.1, 0.15) is 62.9 Å². The summed E-state index contributed by atoms with van der Waals surface area (Å²) >= 11 is 3.12. The molecular weight excluding hydrogens is 809 g/mol. The van der Waals surface area contributed by atoms with Crippen molar-refractivity contribution >= 4 is 90.4 Å². The van der Waals surface area contributed by atoms with Gasteiger partial charge in [0.15, 0.2) is 0 Å². The van der Waals surface area contributed by atoms with E-state index in [9.17, 15) is 23.5 Å². The zero-order chi connectivity index (χ0) is 41.1. The molecule has 4 aromatic heterocycles. The molecule has 5 aliphatic rings. The van der Waals surface area contributed by atoms with Crippen LogP contribution < -0.4 is 10.6 Å². The molecule has 13 nitrogen and oxygen atoms in total. The number of aromatic nitrogens is 4. The number of amides is 1. The second-order valence-corrected chi connectivity index (χ2v) is 17.9. The van der Waals surface area contributed by atoms with E-state index < -0.39 is 5.97 Å². The van der Waals surface area contributed by atoms with Crippen LogP contribution in [0, 0.1) is 23.5 Å². The lowest BCUT2D eigenvalue weighted by atomic mass is 9.86. The van der Waals surface area contributed by atoms with Crippen LogP contribution in [0.15, 0.2) is 46.9 Å². The van der Waals surface area contributed by atoms with Gasteiger partial charge in [-0.15, -0.1) is 22.7 Å². The maximum atomic E-state index is 14.7. The molecule has 1 saturated heterocycles. The molecule has 1 amide bonds. The molecule has 0 unspecified atom stereocenters. The predicted octanol–water partition coefficient (Wildman–Crippen LogP) is 7.55. The molecule has 306 valence electrons. The highest BCUT2D eigenvalue weighted by atomic mass is 32.1. The largest absolute Gasteiger partial charge is 0.481 e. The Hall–Kier alpha value is -5.78. The molecule has 2 aromatic carbocycles. The topological polar surface area (TPSA) is 167 Å². The van der Waals surface area contributed by atoms with Crippen LogP contribution >= 0.6 is 22.7 Å². The first-order valence-electron chi connectivity index (χ1n) is 20.0. The highest BCUT2D eigenvalue weighted by Gasteiger charge is 2.35. The normalized spacial score (nSPS) is 20.0. The smallest absolute Gasteiger partial charge is 0.306 e. The van der Waals surface area contributed by atoms with Gasteiger partial charge in [-0.3, -0.25) is 19.6 Å². The van der Waals surface area contributed by atoms with Crippen molar-refractivity contribution in [2.24, 2.45) is 21.8 Å². The molecule has 7 heterocycles. The number of morpholine rings is 1. The SMILES string of the molecule is C[C@@H]1COCCN1C(=O)[C@H]1CCc2c(sc3ncnc(Nc4cc5c(cc4F)CN=C5)c23)C1.O=C(O)[C@H]1CCc2c(sc3ncnc(Nc4cc5c(cc4F)CN=C5)c23)C1. The molecule has 17 heteroatoms. The summed E-state index contributed by atoms with van der Waals surface area (Å²) in [7, 11) is 0. The van der Waals surface area contributed by atoms with E-state index in [4.69, 9.17) is 4.74 Å². The number of carboxylic acids is 1. The number of carbonyl (C=O) groups is 2. The molecule has 0 bridgehead atoms. The minimum absolute atomic E-state index is 0.0241. The monoisotopic (exact) mass is 847 g/mol. The Morgan fingerprint density at radius 1 is 0.783 bits per heavy atom. The summed E-state index contributed by atoms with van der Waals surface area (Å²) in [5.41, 5.74) is 6.59. The number of aryl methyl sites for hydroxylation is 2. The van der Waals surface area contributed by atoms with E-state index in [0.29, 0.717) is 81.5 Å². The molecule has 0 spiro atoms. The van der Waals surface area contributed by atoms with Crippen molar-refractivity contribution in [3.63, 3.8) is 0 Å². The number of aliphatic carboxylic acids is 1. The summed E-state index contributed by atoms with van der Waals surface area (Å²) in [6, 6.07) is 6.68. The molecule has 3 N–H and O–H groups in total. The van der Waals surface area contributed by atoms with E-state index in [1.165, 1.54) is 46.6 Å². The van der Waals surface area contributed by atoms with Gasteiger partial charge < -0.3 is 25.4 Å². The van der Waals surface area contributed by atoms with Gasteiger partial charge in [0.1, 0.15) is 45.6 Å². The molecule has 2 aliphatic carbocycles. The van der Waals surface area contributed by atoms with E-state index in [1.54, 1.807) is 35.9 Å². The summed E-state index contributed by atoms with van der Waals surface area (Å²) in [5, 5.41) is 17.4. The van der Waals surface area contributed by atoms with Gasteiger partial charge in [-0.1, -0.05) is 0 Å². The van der Waals surface area contributed by atoms with E-state index in [0.717, 1.165) is 66.0 Å². The van der Waals surface area contributed by atoms with Crippen LogP contribution in [0.25, 0.3) is 20.4 Å². The van der Waals surface area contributed by atoms with Crippen LogP contribution in [0.4, 0.5) is 31.8 Å². The number of benzene rings is 2.